The zero-order chi connectivity index (χ0) is 22.2. The number of sulfone groups is 1. The smallest absolute Gasteiger partial charge is 0.185 e. The van der Waals surface area contributed by atoms with Gasteiger partial charge in [-0.25, -0.2) is 17.8 Å². The molecule has 1 aliphatic rings. The van der Waals surface area contributed by atoms with Gasteiger partial charge in [0.2, 0.25) is 0 Å². The molecule has 0 N–H and O–H groups in total. The maximum Gasteiger partial charge on any atom is 0.185 e. The van der Waals surface area contributed by atoms with E-state index in [0.717, 1.165) is 20.9 Å². The van der Waals surface area contributed by atoms with Gasteiger partial charge in [-0.15, -0.1) is 11.3 Å². The molecule has 0 atom stereocenters. The second kappa shape index (κ2) is 9.35. The highest BCUT2D eigenvalue weighted by atomic mass is 79.9. The van der Waals surface area contributed by atoms with Gasteiger partial charge >= 0.3 is 0 Å². The van der Waals surface area contributed by atoms with Crippen LogP contribution >= 0.6 is 50.5 Å². The number of thiazole rings is 1. The summed E-state index contributed by atoms with van der Waals surface area (Å²) < 4.78 is 40.5. The molecule has 0 unspecified atom stereocenters. The van der Waals surface area contributed by atoms with Crippen LogP contribution in [0.2, 0.25) is 10.0 Å². The maximum atomic E-state index is 13.7. The Kier molecular flexibility index (Phi) is 6.93. The molecule has 164 valence electrons. The fourth-order valence-corrected chi connectivity index (χ4v) is 7.40. The molecule has 0 saturated carbocycles. The molecule has 1 saturated heterocycles. The van der Waals surface area contributed by atoms with Crippen molar-refractivity contribution < 1.29 is 12.8 Å². The molecule has 31 heavy (non-hydrogen) atoms. The summed E-state index contributed by atoms with van der Waals surface area (Å²) in [5.74, 6) is -0.441. The Morgan fingerprint density at radius 1 is 1.13 bits per heavy atom. The molecule has 0 bridgehead atoms. The Bertz CT molecular complexity index is 1210. The summed E-state index contributed by atoms with van der Waals surface area (Å²) in [4.78, 5) is 6.95. The number of aromatic nitrogens is 1. The van der Waals surface area contributed by atoms with Crippen molar-refractivity contribution in [1.82, 2.24) is 4.98 Å². The molecule has 0 amide bonds. The van der Waals surface area contributed by atoms with Gasteiger partial charge in [0.1, 0.15) is 5.82 Å². The van der Waals surface area contributed by atoms with Crippen LogP contribution in [0, 0.1) is 5.82 Å². The summed E-state index contributed by atoms with van der Waals surface area (Å²) in [6, 6.07) is 9.60. The summed E-state index contributed by atoms with van der Waals surface area (Å²) in [7, 11) is -3.50. The Balaban J connectivity index is 1.41. The second-order valence-corrected chi connectivity index (χ2v) is 12.1. The lowest BCUT2D eigenvalue weighted by Gasteiger charge is -2.31. The third-order valence-corrected chi connectivity index (χ3v) is 9.75. The normalized spacial score (nSPS) is 15.4. The van der Waals surface area contributed by atoms with E-state index >= 15 is 0 Å². The third kappa shape index (κ3) is 5.09. The number of hydrogen-bond acceptors (Lipinski definition) is 5. The van der Waals surface area contributed by atoms with Crippen LogP contribution in [0.4, 0.5) is 9.52 Å². The first-order valence-electron chi connectivity index (χ1n) is 9.56. The maximum absolute atomic E-state index is 13.7. The molecule has 10 heteroatoms. The summed E-state index contributed by atoms with van der Waals surface area (Å²) in [6.07, 6.45) is 1.52. The van der Waals surface area contributed by atoms with Crippen molar-refractivity contribution in [2.75, 3.05) is 18.0 Å². The van der Waals surface area contributed by atoms with E-state index in [0.29, 0.717) is 32.4 Å². The fourth-order valence-electron chi connectivity index (χ4n) is 3.62. The molecular weight excluding hydrogens is 546 g/mol. The van der Waals surface area contributed by atoms with E-state index in [1.165, 1.54) is 17.4 Å². The molecule has 4 nitrogen and oxygen atoms in total. The first-order chi connectivity index (χ1) is 14.7. The van der Waals surface area contributed by atoms with Crippen molar-refractivity contribution in [2.24, 2.45) is 0 Å². The van der Waals surface area contributed by atoms with Gasteiger partial charge in [0.15, 0.2) is 15.0 Å². The van der Waals surface area contributed by atoms with Gasteiger partial charge in [0, 0.05) is 29.4 Å². The molecule has 0 aliphatic carbocycles. The van der Waals surface area contributed by atoms with Gasteiger partial charge in [-0.1, -0.05) is 45.2 Å². The standard InChI is InChI=1S/C21H18BrCl2FN2O2S2/c22-14-2-4-20(18(24)11-14)31(28,29)16-5-7-27(8-6-16)21-26-15(12-30-21)9-13-1-3-17(23)19(25)10-13/h1-4,10-12,16H,5-9H2. The van der Waals surface area contributed by atoms with Gasteiger partial charge in [0.05, 0.1) is 25.9 Å². The molecule has 3 aromatic rings. The highest BCUT2D eigenvalue weighted by Gasteiger charge is 2.33. The van der Waals surface area contributed by atoms with Crippen LogP contribution in [0.25, 0.3) is 0 Å². The van der Waals surface area contributed by atoms with E-state index in [2.05, 4.69) is 25.8 Å². The Morgan fingerprint density at radius 3 is 2.55 bits per heavy atom. The third-order valence-electron chi connectivity index (χ3n) is 5.26. The lowest BCUT2D eigenvalue weighted by atomic mass is 10.1. The van der Waals surface area contributed by atoms with Gasteiger partial charge < -0.3 is 4.90 Å². The summed E-state index contributed by atoms with van der Waals surface area (Å²) in [6.45, 7) is 1.20. The van der Waals surface area contributed by atoms with Gasteiger partial charge in [-0.3, -0.25) is 0 Å². The topological polar surface area (TPSA) is 50.3 Å². The largest absolute Gasteiger partial charge is 0.348 e. The predicted octanol–water partition coefficient (Wildman–Crippen LogP) is 6.39. The van der Waals surface area contributed by atoms with Crippen molar-refractivity contribution in [2.45, 2.75) is 29.4 Å². The van der Waals surface area contributed by atoms with Crippen molar-refractivity contribution in [3.8, 4) is 0 Å². The van der Waals surface area contributed by atoms with Crippen LogP contribution in [-0.2, 0) is 16.3 Å². The van der Waals surface area contributed by atoms with Crippen molar-refractivity contribution in [3.05, 3.63) is 73.4 Å². The van der Waals surface area contributed by atoms with E-state index < -0.39 is 20.9 Å². The lowest BCUT2D eigenvalue weighted by molar-refractivity contribution is 0.529. The Morgan fingerprint density at radius 2 is 1.87 bits per heavy atom. The first-order valence-corrected chi connectivity index (χ1v) is 13.5. The molecule has 2 heterocycles. The first kappa shape index (κ1) is 23.0. The highest BCUT2D eigenvalue weighted by molar-refractivity contribution is 9.10. The van der Waals surface area contributed by atoms with Crippen LogP contribution in [0.3, 0.4) is 0 Å². The molecule has 1 fully saturated rings. The van der Waals surface area contributed by atoms with Crippen molar-refractivity contribution >= 4 is 65.4 Å². The van der Waals surface area contributed by atoms with Gasteiger partial charge in [-0.05, 0) is 48.7 Å². The minimum absolute atomic E-state index is 0.102. The van der Waals surface area contributed by atoms with E-state index in [-0.39, 0.29) is 14.9 Å². The van der Waals surface area contributed by atoms with Gasteiger partial charge in [0.25, 0.3) is 0 Å². The van der Waals surface area contributed by atoms with E-state index in [4.69, 9.17) is 23.2 Å². The van der Waals surface area contributed by atoms with Crippen LogP contribution in [0.5, 0.6) is 0 Å². The van der Waals surface area contributed by atoms with Crippen LogP contribution in [0.15, 0.2) is 51.1 Å². The minimum atomic E-state index is -3.50. The number of halogens is 4. The van der Waals surface area contributed by atoms with Crippen LogP contribution < -0.4 is 4.90 Å². The summed E-state index contributed by atoms with van der Waals surface area (Å²) in [5.41, 5.74) is 1.65. The predicted molar refractivity (Wildman–Crippen MR) is 128 cm³/mol. The van der Waals surface area contributed by atoms with E-state index in [1.807, 2.05) is 5.38 Å². The molecule has 2 aromatic carbocycles. The zero-order valence-electron chi connectivity index (χ0n) is 16.2. The van der Waals surface area contributed by atoms with Crippen LogP contribution in [0.1, 0.15) is 24.1 Å². The van der Waals surface area contributed by atoms with Crippen LogP contribution in [-0.4, -0.2) is 31.7 Å². The number of hydrogen-bond donors (Lipinski definition) is 0. The SMILES string of the molecule is O=S(=O)(c1ccc(Br)cc1Cl)C1CCN(c2nc(Cc3ccc(Cl)c(F)c3)cs2)CC1. The average molecular weight is 564 g/mol. The monoisotopic (exact) mass is 562 g/mol. The molecule has 1 aromatic heterocycles. The number of anilines is 1. The second-order valence-electron chi connectivity index (χ2n) is 7.35. The minimum Gasteiger partial charge on any atom is -0.348 e. The number of benzene rings is 2. The Hall–Kier alpha value is -1.19. The number of nitrogens with zero attached hydrogens (tertiary/aromatic N) is 2. The molecule has 4 rings (SSSR count). The van der Waals surface area contributed by atoms with Gasteiger partial charge in [-0.2, -0.15) is 0 Å². The Labute approximate surface area is 203 Å². The number of piperidine rings is 1. The van der Waals surface area contributed by atoms with E-state index in [9.17, 15) is 12.8 Å². The lowest BCUT2D eigenvalue weighted by Crippen LogP contribution is -2.39. The van der Waals surface area contributed by atoms with Crippen molar-refractivity contribution in [1.29, 1.82) is 0 Å². The van der Waals surface area contributed by atoms with Crippen molar-refractivity contribution in [3.63, 3.8) is 0 Å². The summed E-state index contributed by atoms with van der Waals surface area (Å²) in [5, 5.41) is 2.66. The molecule has 1 aliphatic heterocycles. The molecule has 0 radical (unpaired) electrons. The quantitative estimate of drug-likeness (QED) is 0.361. The average Bonchev–Trinajstić information content (AvgIpc) is 3.19. The fraction of sp³-hybridized carbons (Fsp3) is 0.286. The molecule has 0 spiro atoms. The van der Waals surface area contributed by atoms with E-state index in [1.54, 1.807) is 30.3 Å². The summed E-state index contributed by atoms with van der Waals surface area (Å²) >= 11 is 16.7. The highest BCUT2D eigenvalue weighted by Crippen LogP contribution is 2.33. The molecular formula is C21H18BrCl2FN2O2S2. The number of rotatable bonds is 5. The zero-order valence-corrected chi connectivity index (χ0v) is 20.9.